The van der Waals surface area contributed by atoms with Gasteiger partial charge in [-0.2, -0.15) is 5.26 Å². The molecule has 72 valence electrons. The van der Waals surface area contributed by atoms with Crippen molar-refractivity contribution >= 4 is 5.78 Å². The Morgan fingerprint density at radius 1 is 1.54 bits per heavy atom. The van der Waals surface area contributed by atoms with Gasteiger partial charge in [0.2, 0.25) is 0 Å². The zero-order valence-corrected chi connectivity index (χ0v) is 8.12. The maximum absolute atomic E-state index is 11.1. The largest absolute Gasteiger partial charge is 0.297 e. The van der Waals surface area contributed by atoms with E-state index in [9.17, 15) is 4.79 Å². The summed E-state index contributed by atoms with van der Waals surface area (Å²) in [5.74, 6) is 0.0388. The number of carbonyl (C=O) groups is 1. The third kappa shape index (κ3) is 3.16. The molecule has 1 rings (SSSR count). The monoisotopic (exact) mass is 180 g/mol. The van der Waals surface area contributed by atoms with Crippen molar-refractivity contribution in [1.29, 1.82) is 5.26 Å². The summed E-state index contributed by atoms with van der Waals surface area (Å²) in [6, 6.07) is 2.46. The van der Waals surface area contributed by atoms with Crippen molar-refractivity contribution in [2.75, 3.05) is 13.6 Å². The molecule has 1 fully saturated rings. The Balaban J connectivity index is 2.27. The third-order valence-electron chi connectivity index (χ3n) is 2.65. The normalized spacial score (nSPS) is 17.6. The number of ketones is 1. The van der Waals surface area contributed by atoms with Gasteiger partial charge < -0.3 is 0 Å². The van der Waals surface area contributed by atoms with Gasteiger partial charge >= 0.3 is 0 Å². The van der Waals surface area contributed by atoms with Gasteiger partial charge in [0.1, 0.15) is 0 Å². The first-order valence-corrected chi connectivity index (χ1v) is 4.83. The molecular formula is C10H16N2O. The van der Waals surface area contributed by atoms with Crippen LogP contribution < -0.4 is 0 Å². The number of hydrogen-bond donors (Lipinski definition) is 0. The molecule has 3 heteroatoms. The second-order valence-electron chi connectivity index (χ2n) is 3.73. The molecule has 0 bridgehead atoms. The van der Waals surface area contributed by atoms with Gasteiger partial charge in [0.05, 0.1) is 19.0 Å². The van der Waals surface area contributed by atoms with Crippen LogP contribution in [0.15, 0.2) is 0 Å². The molecule has 0 N–H and O–H groups in total. The van der Waals surface area contributed by atoms with Crippen molar-refractivity contribution in [3.05, 3.63) is 0 Å². The predicted molar refractivity (Wildman–Crippen MR) is 50.1 cm³/mol. The van der Waals surface area contributed by atoms with Crippen LogP contribution in [0.25, 0.3) is 0 Å². The summed E-state index contributed by atoms with van der Waals surface area (Å²) in [4.78, 5) is 13.2. The lowest BCUT2D eigenvalue weighted by atomic mass is 10.2. The second-order valence-corrected chi connectivity index (χ2v) is 3.73. The van der Waals surface area contributed by atoms with Crippen LogP contribution in [0, 0.1) is 11.3 Å². The van der Waals surface area contributed by atoms with E-state index in [1.807, 2.05) is 13.1 Å². The van der Waals surface area contributed by atoms with Gasteiger partial charge in [-0.15, -0.1) is 0 Å². The van der Waals surface area contributed by atoms with Gasteiger partial charge in [-0.05, 0) is 19.9 Å². The molecule has 1 aliphatic carbocycles. The van der Waals surface area contributed by atoms with Crippen molar-refractivity contribution in [3.63, 3.8) is 0 Å². The van der Waals surface area contributed by atoms with Crippen LogP contribution in [0.3, 0.4) is 0 Å². The molecule has 3 nitrogen and oxygen atoms in total. The van der Waals surface area contributed by atoms with E-state index in [2.05, 4.69) is 4.90 Å². The highest BCUT2D eigenvalue weighted by Crippen LogP contribution is 2.21. The highest BCUT2D eigenvalue weighted by Gasteiger charge is 2.20. The summed E-state index contributed by atoms with van der Waals surface area (Å²) in [7, 11) is 1.98. The fourth-order valence-electron chi connectivity index (χ4n) is 1.90. The molecule has 0 radical (unpaired) electrons. The number of nitriles is 1. The Morgan fingerprint density at radius 3 is 2.69 bits per heavy atom. The minimum atomic E-state index is 0.0388. The zero-order chi connectivity index (χ0) is 9.68. The SMILES string of the molecule is CN(CC(=O)CC#N)C1CCCC1. The lowest BCUT2D eigenvalue weighted by Crippen LogP contribution is -2.33. The first-order chi connectivity index (χ1) is 6.24. The van der Waals surface area contributed by atoms with Crippen LogP contribution in [0.5, 0.6) is 0 Å². The van der Waals surface area contributed by atoms with Gasteiger partial charge in [0.15, 0.2) is 5.78 Å². The van der Waals surface area contributed by atoms with Crippen LogP contribution in [-0.4, -0.2) is 30.3 Å². The molecule has 0 amide bonds. The number of likely N-dealkylation sites (N-methyl/N-ethyl adjacent to an activating group) is 1. The average molecular weight is 180 g/mol. The maximum Gasteiger partial charge on any atom is 0.160 e. The minimum absolute atomic E-state index is 0.0388. The van der Waals surface area contributed by atoms with Gasteiger partial charge in [0, 0.05) is 6.04 Å². The molecule has 0 saturated heterocycles. The third-order valence-corrected chi connectivity index (χ3v) is 2.65. The van der Waals surface area contributed by atoms with Gasteiger partial charge in [0.25, 0.3) is 0 Å². The number of hydrogen-bond acceptors (Lipinski definition) is 3. The molecular weight excluding hydrogens is 164 g/mol. The van der Waals surface area contributed by atoms with Crippen molar-refractivity contribution < 1.29 is 4.79 Å². The second kappa shape index (κ2) is 4.98. The maximum atomic E-state index is 11.1. The van der Waals surface area contributed by atoms with Crippen LogP contribution in [0.2, 0.25) is 0 Å². The molecule has 0 spiro atoms. The molecule has 0 aliphatic heterocycles. The molecule has 1 aliphatic rings. The van der Waals surface area contributed by atoms with Crippen LogP contribution in [0.1, 0.15) is 32.1 Å². The summed E-state index contributed by atoms with van der Waals surface area (Å²) in [6.45, 7) is 0.443. The van der Waals surface area contributed by atoms with Crippen LogP contribution in [-0.2, 0) is 4.79 Å². The molecule has 0 aromatic rings. The Kier molecular flexibility index (Phi) is 3.91. The predicted octanol–water partition coefficient (Wildman–Crippen LogP) is 1.34. The Hall–Kier alpha value is -0.880. The Morgan fingerprint density at radius 2 is 2.15 bits per heavy atom. The summed E-state index contributed by atoms with van der Waals surface area (Å²) in [6.07, 6.45) is 5.02. The van der Waals surface area contributed by atoms with E-state index in [-0.39, 0.29) is 12.2 Å². The fourth-order valence-corrected chi connectivity index (χ4v) is 1.90. The molecule has 0 aromatic carbocycles. The first kappa shape index (κ1) is 10.2. The number of rotatable bonds is 4. The van der Waals surface area contributed by atoms with Crippen molar-refractivity contribution in [1.82, 2.24) is 4.90 Å². The van der Waals surface area contributed by atoms with E-state index in [1.165, 1.54) is 25.7 Å². The minimum Gasteiger partial charge on any atom is -0.297 e. The number of carbonyl (C=O) groups excluding carboxylic acids is 1. The van der Waals surface area contributed by atoms with E-state index in [1.54, 1.807) is 0 Å². The standard InChI is InChI=1S/C10H16N2O/c1-12(8-10(13)6-7-11)9-4-2-3-5-9/h9H,2-6,8H2,1H3. The van der Waals surface area contributed by atoms with E-state index in [0.29, 0.717) is 12.6 Å². The van der Waals surface area contributed by atoms with Crippen LogP contribution in [0.4, 0.5) is 0 Å². The van der Waals surface area contributed by atoms with Crippen LogP contribution >= 0.6 is 0 Å². The molecule has 0 aromatic heterocycles. The summed E-state index contributed by atoms with van der Waals surface area (Å²) in [5.41, 5.74) is 0. The number of nitrogens with zero attached hydrogens (tertiary/aromatic N) is 2. The highest BCUT2D eigenvalue weighted by atomic mass is 16.1. The van der Waals surface area contributed by atoms with E-state index >= 15 is 0 Å². The van der Waals surface area contributed by atoms with Crippen molar-refractivity contribution in [2.45, 2.75) is 38.1 Å². The number of Topliss-reactive ketones (excluding diaryl/α,β-unsaturated/α-hetero) is 1. The van der Waals surface area contributed by atoms with Crippen molar-refractivity contribution in [2.24, 2.45) is 0 Å². The summed E-state index contributed by atoms with van der Waals surface area (Å²) < 4.78 is 0. The molecule has 0 unspecified atom stereocenters. The quantitative estimate of drug-likeness (QED) is 0.655. The fraction of sp³-hybridized carbons (Fsp3) is 0.800. The topological polar surface area (TPSA) is 44.1 Å². The van der Waals surface area contributed by atoms with E-state index in [4.69, 9.17) is 5.26 Å². The van der Waals surface area contributed by atoms with Gasteiger partial charge in [-0.25, -0.2) is 0 Å². The smallest absolute Gasteiger partial charge is 0.160 e. The first-order valence-electron chi connectivity index (χ1n) is 4.83. The average Bonchev–Trinajstić information content (AvgIpc) is 2.55. The van der Waals surface area contributed by atoms with E-state index in [0.717, 1.165) is 0 Å². The molecule has 13 heavy (non-hydrogen) atoms. The van der Waals surface area contributed by atoms with Gasteiger partial charge in [-0.3, -0.25) is 9.69 Å². The summed E-state index contributed by atoms with van der Waals surface area (Å²) in [5, 5.41) is 8.33. The highest BCUT2D eigenvalue weighted by molar-refractivity contribution is 5.82. The lowest BCUT2D eigenvalue weighted by molar-refractivity contribution is -0.119. The van der Waals surface area contributed by atoms with Crippen molar-refractivity contribution in [3.8, 4) is 6.07 Å². The molecule has 1 saturated carbocycles. The van der Waals surface area contributed by atoms with Gasteiger partial charge in [-0.1, -0.05) is 12.8 Å². The zero-order valence-electron chi connectivity index (χ0n) is 8.12. The summed E-state index contributed by atoms with van der Waals surface area (Å²) >= 11 is 0. The Labute approximate surface area is 79.3 Å². The Bertz CT molecular complexity index is 213. The molecule has 0 atom stereocenters. The lowest BCUT2D eigenvalue weighted by Gasteiger charge is -2.22. The van der Waals surface area contributed by atoms with E-state index < -0.39 is 0 Å². The molecule has 0 heterocycles.